The third-order valence-corrected chi connectivity index (χ3v) is 3.89. The number of ether oxygens (including phenoxy) is 1. The molecule has 1 aromatic heterocycles. The van der Waals surface area contributed by atoms with E-state index in [1.165, 1.54) is 11.3 Å². The monoisotopic (exact) mass is 444 g/mol. The highest BCUT2D eigenvalue weighted by atomic mass is 127. The number of rotatable bonds is 6. The van der Waals surface area contributed by atoms with Crippen molar-refractivity contribution in [3.8, 4) is 5.75 Å². The summed E-state index contributed by atoms with van der Waals surface area (Å²) in [5.41, 5.74) is 3.53. The molecule has 0 fully saturated rings. The van der Waals surface area contributed by atoms with Crippen molar-refractivity contribution >= 4 is 36.1 Å². The molecule has 128 valence electrons. The first-order chi connectivity index (χ1) is 11.8. The van der Waals surface area contributed by atoms with E-state index in [2.05, 4.69) is 72.3 Å². The quantitative estimate of drug-likeness (QED) is 0.369. The zero-order chi connectivity index (χ0) is 16.6. The summed E-state index contributed by atoms with van der Waals surface area (Å²) in [6.45, 7) is 3.71. The Balaban J connectivity index is 0.00000225. The summed E-state index contributed by atoms with van der Waals surface area (Å²) in [5, 5.41) is 0. The van der Waals surface area contributed by atoms with E-state index in [0.717, 1.165) is 17.9 Å². The molecule has 2 aromatic carbocycles. The maximum atomic E-state index is 5.82. The molecule has 25 heavy (non-hydrogen) atoms. The van der Waals surface area contributed by atoms with Crippen LogP contribution in [-0.4, -0.2) is 0 Å². The van der Waals surface area contributed by atoms with Crippen LogP contribution in [0.3, 0.4) is 0 Å². The van der Waals surface area contributed by atoms with Crippen LogP contribution < -0.4 is 9.30 Å². The summed E-state index contributed by atoms with van der Waals surface area (Å²) in [7, 11) is 0. The van der Waals surface area contributed by atoms with E-state index in [0.29, 0.717) is 6.61 Å². The lowest BCUT2D eigenvalue weighted by Crippen LogP contribution is -2.34. The molecule has 0 bridgehead atoms. The summed E-state index contributed by atoms with van der Waals surface area (Å²) in [5.74, 6) is 0.888. The highest BCUT2D eigenvalue weighted by Gasteiger charge is 2.02. The predicted molar refractivity (Wildman–Crippen MR) is 114 cm³/mol. The Morgan fingerprint density at radius 2 is 1.56 bits per heavy atom. The van der Waals surface area contributed by atoms with Crippen LogP contribution in [-0.2, 0) is 13.2 Å². The second kappa shape index (κ2) is 9.99. The van der Waals surface area contributed by atoms with Crippen LogP contribution in [0, 0.1) is 0 Å². The molecule has 3 rings (SSSR count). The Hall–Kier alpha value is -2.14. The normalized spacial score (nSPS) is 10.4. The molecule has 2 nitrogen and oxygen atoms in total. The summed E-state index contributed by atoms with van der Waals surface area (Å²) in [6, 6.07) is 24.6. The third-order valence-electron chi connectivity index (χ3n) is 3.89. The molecule has 0 spiro atoms. The van der Waals surface area contributed by atoms with Crippen LogP contribution in [0.2, 0.25) is 0 Å². The Morgan fingerprint density at radius 1 is 0.840 bits per heavy atom. The van der Waals surface area contributed by atoms with E-state index in [1.807, 2.05) is 30.3 Å². The highest BCUT2D eigenvalue weighted by Crippen LogP contribution is 2.15. The van der Waals surface area contributed by atoms with Gasteiger partial charge in [-0.25, -0.2) is 0 Å². The molecule has 0 atom stereocenters. The van der Waals surface area contributed by atoms with Crippen molar-refractivity contribution in [3.63, 3.8) is 0 Å². The van der Waals surface area contributed by atoms with Crippen molar-refractivity contribution in [2.75, 3.05) is 0 Å². The number of aromatic nitrogens is 1. The van der Waals surface area contributed by atoms with Crippen molar-refractivity contribution in [1.82, 2.24) is 0 Å². The van der Waals surface area contributed by atoms with E-state index in [-0.39, 0.29) is 24.0 Å². The van der Waals surface area contributed by atoms with Crippen LogP contribution in [0.5, 0.6) is 5.75 Å². The van der Waals surface area contributed by atoms with Gasteiger partial charge in [0.1, 0.15) is 18.9 Å². The molecule has 3 aromatic rings. The van der Waals surface area contributed by atoms with Crippen LogP contribution in [0.15, 0.2) is 79.0 Å². The molecule has 0 aliphatic carbocycles. The lowest BCUT2D eigenvalue weighted by Gasteiger charge is -2.06. The number of nitrogens with zero attached hydrogens (tertiary/aromatic N) is 1. The summed E-state index contributed by atoms with van der Waals surface area (Å²) in [4.78, 5) is 0. The smallest absolute Gasteiger partial charge is 0.205 e. The zero-order valence-electron chi connectivity index (χ0n) is 14.3. The minimum Gasteiger partial charge on any atom is -0.489 e. The fraction of sp³-hybridized carbons (Fsp3) is 0.136. The molecule has 0 unspecified atom stereocenters. The molecule has 0 saturated carbocycles. The first-order valence-corrected chi connectivity index (χ1v) is 8.28. The summed E-state index contributed by atoms with van der Waals surface area (Å²) < 4.78 is 8.03. The number of hydrogen-bond acceptors (Lipinski definition) is 1. The first-order valence-electron chi connectivity index (χ1n) is 8.28. The largest absolute Gasteiger partial charge is 0.489 e. The molecule has 0 N–H and O–H groups in total. The van der Waals surface area contributed by atoms with Crippen molar-refractivity contribution in [2.24, 2.45) is 0 Å². The Labute approximate surface area is 166 Å². The Morgan fingerprint density at radius 3 is 2.28 bits per heavy atom. The molecule has 1 heterocycles. The van der Waals surface area contributed by atoms with E-state index < -0.39 is 0 Å². The van der Waals surface area contributed by atoms with Crippen LogP contribution >= 0.6 is 24.0 Å². The zero-order valence-corrected chi connectivity index (χ0v) is 16.7. The minimum absolute atomic E-state index is 0. The van der Waals surface area contributed by atoms with E-state index in [9.17, 15) is 0 Å². The first kappa shape index (κ1) is 19.2. The van der Waals surface area contributed by atoms with Gasteiger partial charge in [0.25, 0.3) is 0 Å². The number of pyridine rings is 1. The second-order valence-electron chi connectivity index (χ2n) is 5.59. The topological polar surface area (TPSA) is 13.1 Å². The van der Waals surface area contributed by atoms with Crippen molar-refractivity contribution in [1.29, 1.82) is 0 Å². The highest BCUT2D eigenvalue weighted by molar-refractivity contribution is 14.0. The minimum atomic E-state index is 0. The van der Waals surface area contributed by atoms with Crippen LogP contribution in [0.1, 0.15) is 23.7 Å². The lowest BCUT2D eigenvalue weighted by atomic mass is 10.2. The van der Waals surface area contributed by atoms with Gasteiger partial charge in [-0.05, 0) is 42.3 Å². The van der Waals surface area contributed by atoms with E-state index in [4.69, 9.17) is 4.74 Å². The molecule has 0 aliphatic heterocycles. The number of halogens is 1. The van der Waals surface area contributed by atoms with Gasteiger partial charge in [0.2, 0.25) is 5.69 Å². The molecule has 0 radical (unpaired) electrons. The second-order valence-corrected chi connectivity index (χ2v) is 5.59. The van der Waals surface area contributed by atoms with Gasteiger partial charge in [0.15, 0.2) is 6.20 Å². The van der Waals surface area contributed by atoms with E-state index >= 15 is 0 Å². The number of aryl methyl sites for hydroxylation is 1. The maximum Gasteiger partial charge on any atom is 0.205 e. The van der Waals surface area contributed by atoms with Gasteiger partial charge >= 0.3 is 0 Å². The van der Waals surface area contributed by atoms with Gasteiger partial charge in [0.05, 0.1) is 0 Å². The van der Waals surface area contributed by atoms with Crippen molar-refractivity contribution in [2.45, 2.75) is 20.1 Å². The van der Waals surface area contributed by atoms with Gasteiger partial charge in [0, 0.05) is 18.2 Å². The average molecular weight is 444 g/mol. The van der Waals surface area contributed by atoms with E-state index in [1.54, 1.807) is 0 Å². The standard InChI is InChI=1S/C22H22NO.HI/c1-2-23-17-7-6-10-21(23)14-11-19-12-15-22(16-13-19)24-18-20-8-4-3-5-9-20;/h3-17H,2,18H2,1H3;1H/q+1;/b14-11+;. The van der Waals surface area contributed by atoms with Crippen molar-refractivity contribution in [3.05, 3.63) is 95.8 Å². The van der Waals surface area contributed by atoms with Gasteiger partial charge < -0.3 is 4.74 Å². The van der Waals surface area contributed by atoms with Gasteiger partial charge in [-0.2, -0.15) is 4.57 Å². The number of hydrogen-bond donors (Lipinski definition) is 0. The van der Waals surface area contributed by atoms with Crippen molar-refractivity contribution < 1.29 is 9.30 Å². The Kier molecular flexibility index (Phi) is 7.67. The molecular formula is C22H23INO+. The molecule has 0 aliphatic rings. The average Bonchev–Trinajstić information content (AvgIpc) is 2.66. The van der Waals surface area contributed by atoms with Gasteiger partial charge in [-0.1, -0.05) is 42.5 Å². The lowest BCUT2D eigenvalue weighted by molar-refractivity contribution is -0.695. The number of benzene rings is 2. The van der Waals surface area contributed by atoms with Crippen LogP contribution in [0.4, 0.5) is 0 Å². The fourth-order valence-corrected chi connectivity index (χ4v) is 2.53. The molecule has 0 amide bonds. The SMILES string of the molecule is CC[n+]1ccccc1/C=C/c1ccc(OCc2ccccc2)cc1.I. The molecule has 3 heteroatoms. The van der Waals surface area contributed by atoms with Gasteiger partial charge in [-0.15, -0.1) is 24.0 Å². The Bertz CT molecular complexity index is 798. The van der Waals surface area contributed by atoms with Crippen LogP contribution in [0.25, 0.3) is 12.2 Å². The predicted octanol–water partition coefficient (Wildman–Crippen LogP) is 5.36. The third kappa shape index (κ3) is 5.71. The van der Waals surface area contributed by atoms with Gasteiger partial charge in [-0.3, -0.25) is 0 Å². The molecule has 0 saturated heterocycles. The molecular weight excluding hydrogens is 421 g/mol. The maximum absolute atomic E-state index is 5.82. The summed E-state index contributed by atoms with van der Waals surface area (Å²) >= 11 is 0. The fourth-order valence-electron chi connectivity index (χ4n) is 2.53. The summed E-state index contributed by atoms with van der Waals surface area (Å²) in [6.07, 6.45) is 6.37.